The smallest absolute Gasteiger partial charge is 0.224 e. The van der Waals surface area contributed by atoms with Crippen molar-refractivity contribution >= 4 is 5.91 Å². The highest BCUT2D eigenvalue weighted by Gasteiger charge is 2.06. The third-order valence-electron chi connectivity index (χ3n) is 2.01. The first-order valence-corrected chi connectivity index (χ1v) is 4.85. The molecular weight excluding hydrogens is 195 g/mol. The molecule has 0 saturated heterocycles. The number of rotatable bonds is 4. The van der Waals surface area contributed by atoms with E-state index in [4.69, 9.17) is 5.73 Å². The molecular formula is C11H15FN2O. The van der Waals surface area contributed by atoms with Crippen LogP contribution in [0.25, 0.3) is 0 Å². The summed E-state index contributed by atoms with van der Waals surface area (Å²) in [5.41, 5.74) is 6.03. The maximum absolute atomic E-state index is 12.8. The quantitative estimate of drug-likeness (QED) is 0.773. The predicted molar refractivity (Wildman–Crippen MR) is 56.8 cm³/mol. The van der Waals surface area contributed by atoms with Gasteiger partial charge in [0.25, 0.3) is 0 Å². The third-order valence-corrected chi connectivity index (χ3v) is 2.01. The maximum Gasteiger partial charge on any atom is 0.224 e. The van der Waals surface area contributed by atoms with E-state index in [9.17, 15) is 9.18 Å². The highest BCUT2D eigenvalue weighted by Crippen LogP contribution is 2.04. The molecule has 0 spiro atoms. The zero-order valence-electron chi connectivity index (χ0n) is 8.66. The zero-order valence-corrected chi connectivity index (χ0v) is 8.66. The Morgan fingerprint density at radius 1 is 1.60 bits per heavy atom. The zero-order chi connectivity index (χ0) is 11.3. The average Bonchev–Trinajstić information content (AvgIpc) is 2.17. The lowest BCUT2D eigenvalue weighted by Gasteiger charge is -2.10. The SMILES string of the molecule is C[C@@H](CN)NC(=O)Cc1cccc(F)c1. The summed E-state index contributed by atoms with van der Waals surface area (Å²) in [7, 11) is 0. The Bertz CT molecular complexity index is 341. The van der Waals surface area contributed by atoms with E-state index >= 15 is 0 Å². The van der Waals surface area contributed by atoms with Crippen LogP contribution in [0.5, 0.6) is 0 Å². The lowest BCUT2D eigenvalue weighted by molar-refractivity contribution is -0.120. The fraction of sp³-hybridized carbons (Fsp3) is 0.364. The number of nitrogens with two attached hydrogens (primary N) is 1. The fourth-order valence-corrected chi connectivity index (χ4v) is 1.22. The number of halogens is 1. The predicted octanol–water partition coefficient (Wildman–Crippen LogP) is 0.832. The van der Waals surface area contributed by atoms with Gasteiger partial charge in [0.1, 0.15) is 5.82 Å². The van der Waals surface area contributed by atoms with Crippen molar-refractivity contribution in [2.45, 2.75) is 19.4 Å². The minimum Gasteiger partial charge on any atom is -0.352 e. The summed E-state index contributed by atoms with van der Waals surface area (Å²) in [4.78, 5) is 11.4. The minimum atomic E-state index is -0.327. The largest absolute Gasteiger partial charge is 0.352 e. The van der Waals surface area contributed by atoms with E-state index in [2.05, 4.69) is 5.32 Å². The normalized spacial score (nSPS) is 12.2. The molecule has 15 heavy (non-hydrogen) atoms. The number of benzene rings is 1. The van der Waals surface area contributed by atoms with Crippen molar-refractivity contribution < 1.29 is 9.18 Å². The van der Waals surface area contributed by atoms with E-state index < -0.39 is 0 Å². The molecule has 0 aromatic heterocycles. The van der Waals surface area contributed by atoms with Gasteiger partial charge in [-0.15, -0.1) is 0 Å². The van der Waals surface area contributed by atoms with Crippen LogP contribution in [0.1, 0.15) is 12.5 Å². The van der Waals surface area contributed by atoms with Gasteiger partial charge in [0.15, 0.2) is 0 Å². The van der Waals surface area contributed by atoms with Crippen LogP contribution in [0.15, 0.2) is 24.3 Å². The van der Waals surface area contributed by atoms with Crippen molar-refractivity contribution in [1.29, 1.82) is 0 Å². The molecule has 1 rings (SSSR count). The molecule has 0 aliphatic carbocycles. The monoisotopic (exact) mass is 210 g/mol. The van der Waals surface area contributed by atoms with E-state index in [-0.39, 0.29) is 24.2 Å². The number of hydrogen-bond acceptors (Lipinski definition) is 2. The maximum atomic E-state index is 12.8. The highest BCUT2D eigenvalue weighted by atomic mass is 19.1. The first-order valence-electron chi connectivity index (χ1n) is 4.85. The lowest BCUT2D eigenvalue weighted by atomic mass is 10.1. The van der Waals surface area contributed by atoms with Crippen molar-refractivity contribution in [3.05, 3.63) is 35.6 Å². The fourth-order valence-electron chi connectivity index (χ4n) is 1.22. The van der Waals surface area contributed by atoms with Crippen LogP contribution in [0.2, 0.25) is 0 Å². The average molecular weight is 210 g/mol. The standard InChI is InChI=1S/C11H15FN2O/c1-8(7-13)14-11(15)6-9-3-2-4-10(12)5-9/h2-5,8H,6-7,13H2,1H3,(H,14,15)/t8-/m0/s1. The van der Waals surface area contributed by atoms with Gasteiger partial charge < -0.3 is 11.1 Å². The van der Waals surface area contributed by atoms with Gasteiger partial charge in [-0.3, -0.25) is 4.79 Å². The second kappa shape index (κ2) is 5.46. The number of carbonyl (C=O) groups excluding carboxylic acids is 1. The summed E-state index contributed by atoms with van der Waals surface area (Å²) in [6.07, 6.45) is 0.183. The molecule has 0 bridgehead atoms. The number of amides is 1. The van der Waals surface area contributed by atoms with E-state index in [0.717, 1.165) is 0 Å². The van der Waals surface area contributed by atoms with Gasteiger partial charge >= 0.3 is 0 Å². The van der Waals surface area contributed by atoms with Crippen LogP contribution >= 0.6 is 0 Å². The van der Waals surface area contributed by atoms with Gasteiger partial charge in [0.05, 0.1) is 6.42 Å². The van der Waals surface area contributed by atoms with Crippen molar-refractivity contribution in [2.24, 2.45) is 5.73 Å². The topological polar surface area (TPSA) is 55.1 Å². The summed E-state index contributed by atoms with van der Waals surface area (Å²) in [5.74, 6) is -0.467. The van der Waals surface area contributed by atoms with Crippen LogP contribution in [-0.2, 0) is 11.2 Å². The Morgan fingerprint density at radius 2 is 2.33 bits per heavy atom. The minimum absolute atomic E-state index is 0.0499. The van der Waals surface area contributed by atoms with Crippen molar-refractivity contribution in [2.75, 3.05) is 6.54 Å². The van der Waals surface area contributed by atoms with Crippen LogP contribution in [0.3, 0.4) is 0 Å². The van der Waals surface area contributed by atoms with E-state index in [1.807, 2.05) is 6.92 Å². The summed E-state index contributed by atoms with van der Waals surface area (Å²) in [5, 5.41) is 2.71. The Balaban J connectivity index is 2.51. The Hall–Kier alpha value is -1.42. The second-order valence-corrected chi connectivity index (χ2v) is 3.51. The van der Waals surface area contributed by atoms with Gasteiger partial charge in [-0.05, 0) is 24.6 Å². The highest BCUT2D eigenvalue weighted by molar-refractivity contribution is 5.78. The molecule has 1 atom stereocenters. The van der Waals surface area contributed by atoms with Gasteiger partial charge in [0, 0.05) is 12.6 Å². The molecule has 0 fully saturated rings. The Labute approximate surface area is 88.5 Å². The van der Waals surface area contributed by atoms with Crippen LogP contribution < -0.4 is 11.1 Å². The van der Waals surface area contributed by atoms with E-state index in [1.54, 1.807) is 12.1 Å². The molecule has 0 radical (unpaired) electrons. The molecule has 3 N–H and O–H groups in total. The number of hydrogen-bond donors (Lipinski definition) is 2. The first-order chi connectivity index (χ1) is 7.11. The summed E-state index contributed by atoms with van der Waals surface area (Å²) < 4.78 is 12.8. The van der Waals surface area contributed by atoms with E-state index in [1.165, 1.54) is 12.1 Å². The molecule has 0 aliphatic rings. The van der Waals surface area contributed by atoms with Crippen LogP contribution in [0, 0.1) is 5.82 Å². The Kier molecular flexibility index (Phi) is 4.24. The number of carbonyl (C=O) groups is 1. The van der Waals surface area contributed by atoms with E-state index in [0.29, 0.717) is 12.1 Å². The Morgan fingerprint density at radius 3 is 2.93 bits per heavy atom. The number of nitrogens with one attached hydrogen (secondary N) is 1. The molecule has 1 aromatic rings. The second-order valence-electron chi connectivity index (χ2n) is 3.51. The molecule has 0 aliphatic heterocycles. The summed E-state index contributed by atoms with van der Waals surface area (Å²) >= 11 is 0. The van der Waals surface area contributed by atoms with Gasteiger partial charge in [0.2, 0.25) is 5.91 Å². The molecule has 0 heterocycles. The molecule has 4 heteroatoms. The van der Waals surface area contributed by atoms with Gasteiger partial charge in [-0.1, -0.05) is 12.1 Å². The van der Waals surface area contributed by atoms with Crippen LogP contribution in [-0.4, -0.2) is 18.5 Å². The van der Waals surface area contributed by atoms with Crippen molar-refractivity contribution in [1.82, 2.24) is 5.32 Å². The molecule has 0 saturated carbocycles. The molecule has 1 aromatic carbocycles. The molecule has 0 unspecified atom stereocenters. The molecule has 3 nitrogen and oxygen atoms in total. The van der Waals surface area contributed by atoms with Crippen molar-refractivity contribution in [3.8, 4) is 0 Å². The summed E-state index contributed by atoms with van der Waals surface area (Å²) in [6, 6.07) is 5.96. The molecule has 1 amide bonds. The van der Waals surface area contributed by atoms with Crippen LogP contribution in [0.4, 0.5) is 4.39 Å². The first kappa shape index (κ1) is 11.7. The van der Waals surface area contributed by atoms with Gasteiger partial charge in [-0.2, -0.15) is 0 Å². The lowest BCUT2D eigenvalue weighted by Crippen LogP contribution is -2.38. The molecule has 82 valence electrons. The third kappa shape index (κ3) is 4.08. The summed E-state index contributed by atoms with van der Waals surface area (Å²) in [6.45, 7) is 2.22. The van der Waals surface area contributed by atoms with Gasteiger partial charge in [-0.25, -0.2) is 4.39 Å². The van der Waals surface area contributed by atoms with Crippen molar-refractivity contribution in [3.63, 3.8) is 0 Å².